The Bertz CT molecular complexity index is 460. The van der Waals surface area contributed by atoms with E-state index in [-0.39, 0.29) is 6.04 Å². The van der Waals surface area contributed by atoms with E-state index in [1.54, 1.807) is 0 Å². The van der Waals surface area contributed by atoms with E-state index in [0.717, 1.165) is 0 Å². The van der Waals surface area contributed by atoms with Crippen molar-refractivity contribution >= 4 is 5.84 Å². The summed E-state index contributed by atoms with van der Waals surface area (Å²) in [5.41, 5.74) is 7.01. The summed E-state index contributed by atoms with van der Waals surface area (Å²) in [5, 5.41) is 12.1. The normalized spacial score (nSPS) is 25.0. The zero-order valence-corrected chi connectivity index (χ0v) is 13.1. The van der Waals surface area contributed by atoms with Crippen molar-refractivity contribution in [1.29, 1.82) is 0 Å². The van der Waals surface area contributed by atoms with Crippen LogP contribution in [0.15, 0.2) is 35.5 Å². The lowest BCUT2D eigenvalue weighted by atomic mass is 9.83. The van der Waals surface area contributed by atoms with Crippen LogP contribution in [-0.4, -0.2) is 29.0 Å². The Kier molecular flexibility index (Phi) is 5.62. The van der Waals surface area contributed by atoms with Crippen molar-refractivity contribution in [2.24, 2.45) is 16.8 Å². The van der Waals surface area contributed by atoms with Crippen molar-refractivity contribution in [3.63, 3.8) is 0 Å². The number of nitrogens with two attached hydrogens (primary N) is 1. The van der Waals surface area contributed by atoms with Crippen molar-refractivity contribution in [2.45, 2.75) is 51.1 Å². The van der Waals surface area contributed by atoms with E-state index in [0.29, 0.717) is 24.2 Å². The van der Waals surface area contributed by atoms with Gasteiger partial charge in [-0.2, -0.15) is 0 Å². The molecule has 21 heavy (non-hydrogen) atoms. The van der Waals surface area contributed by atoms with Gasteiger partial charge in [0.05, 0.1) is 0 Å². The average molecular weight is 289 g/mol. The highest BCUT2D eigenvalue weighted by Gasteiger charge is 2.30. The molecule has 0 heterocycles. The fraction of sp³-hybridized carbons (Fsp3) is 0.588. The topological polar surface area (TPSA) is 61.8 Å². The molecule has 3 unspecified atom stereocenters. The first-order chi connectivity index (χ1) is 10.1. The summed E-state index contributed by atoms with van der Waals surface area (Å²) >= 11 is 0. The molecule has 0 bridgehead atoms. The third-order valence-corrected chi connectivity index (χ3v) is 4.80. The second-order valence-corrected chi connectivity index (χ2v) is 6.22. The van der Waals surface area contributed by atoms with Crippen LogP contribution in [0.25, 0.3) is 0 Å². The Morgan fingerprint density at radius 2 is 2.00 bits per heavy atom. The fourth-order valence-corrected chi connectivity index (χ4v) is 3.54. The molecule has 1 aromatic carbocycles. The highest BCUT2D eigenvalue weighted by atomic mass is 16.4. The first kappa shape index (κ1) is 15.8. The van der Waals surface area contributed by atoms with Crippen LogP contribution in [0.3, 0.4) is 0 Å². The van der Waals surface area contributed by atoms with Crippen LogP contribution in [0.4, 0.5) is 0 Å². The summed E-state index contributed by atoms with van der Waals surface area (Å²) in [6, 6.07) is 11.1. The van der Waals surface area contributed by atoms with E-state index in [2.05, 4.69) is 36.2 Å². The van der Waals surface area contributed by atoms with Crippen molar-refractivity contribution < 1.29 is 5.21 Å². The standard InChI is InChI=1S/C17H27N3O/c1-13-8-6-7-11-15(13)20(2)16(12-17(18)19-21)14-9-4-3-5-10-14/h3-5,9-10,13,15-16,21H,6-8,11-12H2,1-2H3,(H2,18,19). The highest BCUT2D eigenvalue weighted by Crippen LogP contribution is 2.33. The average Bonchev–Trinajstić information content (AvgIpc) is 2.53. The van der Waals surface area contributed by atoms with Crippen LogP contribution in [-0.2, 0) is 0 Å². The summed E-state index contributed by atoms with van der Waals surface area (Å²) in [6.07, 6.45) is 5.71. The number of rotatable bonds is 5. The molecule has 0 spiro atoms. The van der Waals surface area contributed by atoms with E-state index in [9.17, 15) is 0 Å². The van der Waals surface area contributed by atoms with Gasteiger partial charge in [-0.05, 0) is 31.4 Å². The first-order valence-corrected chi connectivity index (χ1v) is 7.86. The third kappa shape index (κ3) is 3.97. The van der Waals surface area contributed by atoms with E-state index in [1.165, 1.54) is 31.2 Å². The second kappa shape index (κ2) is 7.46. The first-order valence-electron chi connectivity index (χ1n) is 7.86. The van der Waals surface area contributed by atoms with E-state index < -0.39 is 0 Å². The van der Waals surface area contributed by atoms with Crippen molar-refractivity contribution in [3.8, 4) is 0 Å². The quantitative estimate of drug-likeness (QED) is 0.378. The minimum Gasteiger partial charge on any atom is -0.409 e. The summed E-state index contributed by atoms with van der Waals surface area (Å²) in [6.45, 7) is 2.34. The molecule has 1 aliphatic rings. The molecule has 0 aliphatic heterocycles. The molecule has 1 saturated carbocycles. The monoisotopic (exact) mass is 289 g/mol. The molecule has 0 aromatic heterocycles. The maximum atomic E-state index is 8.92. The summed E-state index contributed by atoms with van der Waals surface area (Å²) in [4.78, 5) is 2.43. The van der Waals surface area contributed by atoms with Crippen LogP contribution in [0, 0.1) is 5.92 Å². The fourth-order valence-electron chi connectivity index (χ4n) is 3.54. The van der Waals surface area contributed by atoms with Gasteiger partial charge in [-0.3, -0.25) is 4.90 Å². The van der Waals surface area contributed by atoms with Gasteiger partial charge in [-0.25, -0.2) is 0 Å². The van der Waals surface area contributed by atoms with Gasteiger partial charge in [-0.15, -0.1) is 0 Å². The van der Waals surface area contributed by atoms with Crippen molar-refractivity contribution in [3.05, 3.63) is 35.9 Å². The zero-order valence-electron chi connectivity index (χ0n) is 13.1. The number of hydrogen-bond acceptors (Lipinski definition) is 3. The molecule has 3 N–H and O–H groups in total. The third-order valence-electron chi connectivity index (χ3n) is 4.80. The number of nitrogens with zero attached hydrogens (tertiary/aromatic N) is 2. The van der Waals surface area contributed by atoms with Crippen LogP contribution in [0.5, 0.6) is 0 Å². The van der Waals surface area contributed by atoms with Gasteiger partial charge in [0, 0.05) is 18.5 Å². The lowest BCUT2D eigenvalue weighted by molar-refractivity contribution is 0.0982. The van der Waals surface area contributed by atoms with Crippen LogP contribution in [0.1, 0.15) is 50.6 Å². The largest absolute Gasteiger partial charge is 0.409 e. The van der Waals surface area contributed by atoms with Crippen LogP contribution in [0.2, 0.25) is 0 Å². The SMILES string of the molecule is CC1CCCCC1N(C)C(CC(N)=NO)c1ccccc1. The molecule has 0 amide bonds. The lowest BCUT2D eigenvalue weighted by Crippen LogP contribution is -2.42. The summed E-state index contributed by atoms with van der Waals surface area (Å²) < 4.78 is 0. The Hall–Kier alpha value is -1.55. The van der Waals surface area contributed by atoms with Gasteiger partial charge in [0.2, 0.25) is 0 Å². The molecule has 3 atom stereocenters. The predicted octanol–water partition coefficient (Wildman–Crippen LogP) is 3.37. The van der Waals surface area contributed by atoms with Crippen LogP contribution < -0.4 is 5.73 Å². The minimum atomic E-state index is 0.160. The van der Waals surface area contributed by atoms with Gasteiger partial charge >= 0.3 is 0 Å². The van der Waals surface area contributed by atoms with Gasteiger partial charge in [0.1, 0.15) is 5.84 Å². The Morgan fingerprint density at radius 1 is 1.33 bits per heavy atom. The minimum absolute atomic E-state index is 0.160. The molecular weight excluding hydrogens is 262 g/mol. The van der Waals surface area contributed by atoms with Crippen LogP contribution >= 0.6 is 0 Å². The van der Waals surface area contributed by atoms with Gasteiger partial charge in [-0.1, -0.05) is 55.3 Å². The molecule has 116 valence electrons. The smallest absolute Gasteiger partial charge is 0.141 e. The highest BCUT2D eigenvalue weighted by molar-refractivity contribution is 5.80. The number of oxime groups is 1. The van der Waals surface area contributed by atoms with Crippen molar-refractivity contribution in [2.75, 3.05) is 7.05 Å². The molecule has 4 nitrogen and oxygen atoms in total. The Balaban J connectivity index is 2.21. The predicted molar refractivity (Wildman–Crippen MR) is 86.4 cm³/mol. The molecular formula is C17H27N3O. The molecule has 0 saturated heterocycles. The summed E-state index contributed by atoms with van der Waals surface area (Å²) in [7, 11) is 2.18. The molecule has 0 radical (unpaired) electrons. The summed E-state index contributed by atoms with van der Waals surface area (Å²) in [5.74, 6) is 0.987. The van der Waals surface area contributed by atoms with Gasteiger partial charge in [0.15, 0.2) is 0 Å². The molecule has 1 aromatic rings. The molecule has 1 fully saturated rings. The number of benzene rings is 1. The lowest BCUT2D eigenvalue weighted by Gasteiger charge is -2.41. The second-order valence-electron chi connectivity index (χ2n) is 6.22. The maximum Gasteiger partial charge on any atom is 0.141 e. The molecule has 2 rings (SSSR count). The van der Waals surface area contributed by atoms with Gasteiger partial charge in [0.25, 0.3) is 0 Å². The Morgan fingerprint density at radius 3 is 2.62 bits per heavy atom. The van der Waals surface area contributed by atoms with Crippen molar-refractivity contribution in [1.82, 2.24) is 4.90 Å². The number of hydrogen-bond donors (Lipinski definition) is 2. The Labute approximate surface area is 127 Å². The van der Waals surface area contributed by atoms with E-state index >= 15 is 0 Å². The van der Waals surface area contributed by atoms with E-state index in [1.807, 2.05) is 18.2 Å². The number of amidine groups is 1. The zero-order chi connectivity index (χ0) is 15.2. The molecule has 4 heteroatoms. The van der Waals surface area contributed by atoms with Gasteiger partial charge < -0.3 is 10.9 Å². The van der Waals surface area contributed by atoms with E-state index in [4.69, 9.17) is 10.9 Å². The molecule has 1 aliphatic carbocycles. The maximum absolute atomic E-state index is 8.92.